The minimum absolute atomic E-state index is 0.0716. The molecule has 1 fully saturated rings. The number of fused-ring (bicyclic) bond motifs is 1. The number of benzene rings is 3. The third kappa shape index (κ3) is 5.57. The number of nitrogens with one attached hydrogen (secondary N) is 1. The monoisotopic (exact) mass is 459 g/mol. The number of carboxylic acids is 1. The first-order valence-electron chi connectivity index (χ1n) is 12.0. The maximum atomic E-state index is 13.3. The molecule has 1 saturated heterocycles. The fraction of sp³-hybridized carbons (Fsp3) is 0.357. The number of aliphatic carboxylic acids is 1. The topological polar surface area (TPSA) is 72.9 Å². The summed E-state index contributed by atoms with van der Waals surface area (Å²) >= 11 is 0. The van der Waals surface area contributed by atoms with E-state index in [9.17, 15) is 9.59 Å². The van der Waals surface area contributed by atoms with Gasteiger partial charge in [0.15, 0.2) is 0 Å². The number of amides is 1. The molecule has 0 aliphatic carbocycles. The number of aryl methyl sites for hydroxylation is 1. The van der Waals surface area contributed by atoms with Crippen LogP contribution in [0.4, 0.5) is 5.69 Å². The van der Waals surface area contributed by atoms with E-state index in [2.05, 4.69) is 45.4 Å². The molecular weight excluding hydrogens is 426 g/mol. The van der Waals surface area contributed by atoms with Gasteiger partial charge < -0.3 is 20.2 Å². The van der Waals surface area contributed by atoms with E-state index in [1.165, 1.54) is 0 Å². The first-order valence-corrected chi connectivity index (χ1v) is 12.0. The maximum Gasteiger partial charge on any atom is 0.304 e. The van der Waals surface area contributed by atoms with Crippen molar-refractivity contribution in [2.45, 2.75) is 32.7 Å². The van der Waals surface area contributed by atoms with Crippen LogP contribution in [0.5, 0.6) is 0 Å². The third-order valence-electron chi connectivity index (χ3n) is 6.70. The van der Waals surface area contributed by atoms with Crippen LogP contribution in [0.25, 0.3) is 10.8 Å². The van der Waals surface area contributed by atoms with Gasteiger partial charge in [-0.05, 0) is 60.8 Å². The molecule has 4 rings (SSSR count). The van der Waals surface area contributed by atoms with Crippen LogP contribution in [0.3, 0.4) is 0 Å². The molecular formula is C28H33N3O3. The van der Waals surface area contributed by atoms with Gasteiger partial charge in [0, 0.05) is 37.4 Å². The molecule has 34 heavy (non-hydrogen) atoms. The van der Waals surface area contributed by atoms with Gasteiger partial charge in [-0.15, -0.1) is 0 Å². The zero-order valence-corrected chi connectivity index (χ0v) is 20.0. The van der Waals surface area contributed by atoms with E-state index in [0.29, 0.717) is 12.1 Å². The first kappa shape index (κ1) is 23.8. The van der Waals surface area contributed by atoms with Gasteiger partial charge in [-0.25, -0.2) is 0 Å². The van der Waals surface area contributed by atoms with Crippen LogP contribution >= 0.6 is 0 Å². The Hall–Kier alpha value is -3.38. The number of hydrogen-bond acceptors (Lipinski definition) is 4. The molecule has 6 nitrogen and oxygen atoms in total. The highest BCUT2D eigenvalue weighted by Gasteiger charge is 2.19. The van der Waals surface area contributed by atoms with Gasteiger partial charge >= 0.3 is 5.97 Å². The smallest absolute Gasteiger partial charge is 0.304 e. The highest BCUT2D eigenvalue weighted by molar-refractivity contribution is 5.97. The van der Waals surface area contributed by atoms with E-state index >= 15 is 0 Å². The van der Waals surface area contributed by atoms with Crippen molar-refractivity contribution in [1.82, 2.24) is 10.2 Å². The molecule has 178 valence electrons. The highest BCUT2D eigenvalue weighted by atomic mass is 16.4. The van der Waals surface area contributed by atoms with Gasteiger partial charge in [-0.2, -0.15) is 0 Å². The zero-order chi connectivity index (χ0) is 24.1. The molecule has 6 heteroatoms. The first-order chi connectivity index (χ1) is 16.4. The molecule has 2 N–H and O–H groups in total. The van der Waals surface area contributed by atoms with Crippen molar-refractivity contribution in [3.8, 4) is 0 Å². The average molecular weight is 460 g/mol. The lowest BCUT2D eigenvalue weighted by Gasteiger charge is -2.25. The molecule has 0 radical (unpaired) electrons. The molecule has 3 aromatic carbocycles. The predicted molar refractivity (Wildman–Crippen MR) is 137 cm³/mol. The summed E-state index contributed by atoms with van der Waals surface area (Å²) in [4.78, 5) is 28.7. The van der Waals surface area contributed by atoms with Crippen molar-refractivity contribution >= 4 is 28.3 Å². The minimum Gasteiger partial charge on any atom is -0.481 e. The summed E-state index contributed by atoms with van der Waals surface area (Å²) in [6, 6.07) is 20.4. The Morgan fingerprint density at radius 1 is 1.00 bits per heavy atom. The van der Waals surface area contributed by atoms with Crippen molar-refractivity contribution in [2.24, 2.45) is 0 Å². The van der Waals surface area contributed by atoms with Gasteiger partial charge in [-0.3, -0.25) is 9.59 Å². The molecule has 1 heterocycles. The number of carboxylic acid groups (broad SMARTS) is 1. The highest BCUT2D eigenvalue weighted by Crippen LogP contribution is 2.26. The van der Waals surface area contributed by atoms with Crippen molar-refractivity contribution in [1.29, 1.82) is 0 Å². The van der Waals surface area contributed by atoms with E-state index < -0.39 is 5.97 Å². The van der Waals surface area contributed by atoms with Gasteiger partial charge in [0.25, 0.3) is 5.91 Å². The van der Waals surface area contributed by atoms with Crippen molar-refractivity contribution in [3.63, 3.8) is 0 Å². The maximum absolute atomic E-state index is 13.3. The Bertz CT molecular complexity index is 1170. The second-order valence-corrected chi connectivity index (χ2v) is 9.09. The van der Waals surface area contributed by atoms with E-state index in [4.69, 9.17) is 5.11 Å². The quantitative estimate of drug-likeness (QED) is 0.539. The summed E-state index contributed by atoms with van der Waals surface area (Å²) in [5, 5.41) is 14.5. The van der Waals surface area contributed by atoms with Crippen LogP contribution in [-0.2, 0) is 4.79 Å². The normalized spacial score (nSPS) is 15.6. The van der Waals surface area contributed by atoms with E-state index in [-0.39, 0.29) is 18.4 Å². The predicted octanol–water partition coefficient (Wildman–Crippen LogP) is 4.63. The number of carbonyl (C=O) groups excluding carboxylic acids is 1. The molecule has 1 amide bonds. The fourth-order valence-corrected chi connectivity index (χ4v) is 4.74. The van der Waals surface area contributed by atoms with E-state index in [1.54, 1.807) is 0 Å². The van der Waals surface area contributed by atoms with Crippen LogP contribution in [0.15, 0.2) is 60.7 Å². The summed E-state index contributed by atoms with van der Waals surface area (Å²) in [6.07, 6.45) is 1.14. The summed E-state index contributed by atoms with van der Waals surface area (Å²) < 4.78 is 0. The molecule has 0 aromatic heterocycles. The molecule has 0 spiro atoms. The number of nitrogens with zero attached hydrogens (tertiary/aromatic N) is 2. The van der Waals surface area contributed by atoms with Crippen LogP contribution in [0.1, 0.15) is 47.3 Å². The Balaban J connectivity index is 1.47. The molecule has 1 unspecified atom stereocenters. The summed E-state index contributed by atoms with van der Waals surface area (Å²) in [7, 11) is 0. The van der Waals surface area contributed by atoms with Gasteiger partial charge in [0.05, 0.1) is 12.5 Å². The van der Waals surface area contributed by atoms with Crippen LogP contribution in [0.2, 0.25) is 0 Å². The summed E-state index contributed by atoms with van der Waals surface area (Å²) in [6.45, 7) is 8.00. The number of carbonyl (C=O) groups is 2. The number of hydrogen-bond donors (Lipinski definition) is 2. The lowest BCUT2D eigenvalue weighted by molar-refractivity contribution is -0.137. The average Bonchev–Trinajstić information content (AvgIpc) is 3.08. The fourth-order valence-electron chi connectivity index (χ4n) is 4.74. The summed E-state index contributed by atoms with van der Waals surface area (Å²) in [5.74, 6) is -0.828. The Kier molecular flexibility index (Phi) is 7.48. The van der Waals surface area contributed by atoms with Crippen molar-refractivity contribution in [3.05, 3.63) is 77.4 Å². The second kappa shape index (κ2) is 10.7. The molecule has 1 atom stereocenters. The number of rotatable bonds is 7. The number of anilines is 1. The SMILES string of the molecule is Cc1ccc(N2CCCN(CCC(=O)O)CC2)cc1C(=O)NC(C)c1cccc2ccccc12. The van der Waals surface area contributed by atoms with E-state index in [1.807, 2.05) is 44.2 Å². The molecule has 1 aliphatic heterocycles. The van der Waals surface area contributed by atoms with Gasteiger partial charge in [0.1, 0.15) is 0 Å². The third-order valence-corrected chi connectivity index (χ3v) is 6.70. The molecule has 0 bridgehead atoms. The van der Waals surface area contributed by atoms with Crippen LogP contribution in [-0.4, -0.2) is 54.6 Å². The van der Waals surface area contributed by atoms with Crippen molar-refractivity contribution in [2.75, 3.05) is 37.6 Å². The van der Waals surface area contributed by atoms with Gasteiger partial charge in [-0.1, -0.05) is 48.5 Å². The van der Waals surface area contributed by atoms with Crippen LogP contribution in [0, 0.1) is 6.92 Å². The van der Waals surface area contributed by atoms with Crippen molar-refractivity contribution < 1.29 is 14.7 Å². The molecule has 0 saturated carbocycles. The lowest BCUT2D eigenvalue weighted by Crippen LogP contribution is -2.32. The Morgan fingerprint density at radius 3 is 2.62 bits per heavy atom. The lowest BCUT2D eigenvalue weighted by atomic mass is 9.99. The zero-order valence-electron chi connectivity index (χ0n) is 20.0. The molecule has 1 aliphatic rings. The van der Waals surface area contributed by atoms with E-state index in [0.717, 1.165) is 60.2 Å². The standard InChI is InChI=1S/C28H33N3O3/c1-20-11-12-23(31-15-6-14-30(17-18-31)16-13-27(32)33)19-26(20)28(34)29-21(2)24-10-5-8-22-7-3-4-9-25(22)24/h3-5,7-12,19,21H,6,13-18H2,1-2H3,(H,29,34)(H,32,33). The molecule has 3 aromatic rings. The Morgan fingerprint density at radius 2 is 1.79 bits per heavy atom. The second-order valence-electron chi connectivity index (χ2n) is 9.09. The summed E-state index contributed by atoms with van der Waals surface area (Å²) in [5.41, 5.74) is 3.78. The Labute approximate surface area is 201 Å². The minimum atomic E-state index is -0.756. The van der Waals surface area contributed by atoms with Gasteiger partial charge in [0.2, 0.25) is 0 Å². The van der Waals surface area contributed by atoms with Crippen LogP contribution < -0.4 is 10.2 Å². The largest absolute Gasteiger partial charge is 0.481 e.